The zero-order chi connectivity index (χ0) is 7.56. The fourth-order valence-electron chi connectivity index (χ4n) is 0.578. The Morgan fingerprint density at radius 2 is 2.50 bits per heavy atom. The summed E-state index contributed by atoms with van der Waals surface area (Å²) in [5, 5.41) is 1.89. The Labute approximate surface area is 71.7 Å². The minimum absolute atomic E-state index is 0.227. The van der Waals surface area contributed by atoms with E-state index in [-0.39, 0.29) is 5.97 Å². The van der Waals surface area contributed by atoms with E-state index in [1.807, 2.05) is 11.4 Å². The van der Waals surface area contributed by atoms with Crippen molar-refractivity contribution in [1.82, 2.24) is 0 Å². The summed E-state index contributed by atoms with van der Waals surface area (Å²) in [6.07, 6.45) is 0. The van der Waals surface area contributed by atoms with Crippen molar-refractivity contribution in [3.63, 3.8) is 0 Å². The average Bonchev–Trinajstić information content (AvgIpc) is 2.34. The van der Waals surface area contributed by atoms with E-state index in [0.717, 1.165) is 9.23 Å². The maximum atomic E-state index is 10.9. The molecule has 10 heavy (non-hydrogen) atoms. The number of carbonyl (C=O) groups excluding carboxylic acids is 1. The van der Waals surface area contributed by atoms with Gasteiger partial charge in [0, 0.05) is 0 Å². The molecule has 0 saturated carbocycles. The molecule has 0 bridgehead atoms. The summed E-state index contributed by atoms with van der Waals surface area (Å²) in [6.45, 7) is 0. The number of methoxy groups -OCH3 is 1. The number of hydrogen-bond donors (Lipinski definition) is 0. The Hall–Kier alpha value is -0.272. The van der Waals surface area contributed by atoms with Gasteiger partial charge in [0.15, 0.2) is 0 Å². The molecule has 1 atom stereocenters. The van der Waals surface area contributed by atoms with Crippen molar-refractivity contribution < 1.29 is 9.53 Å². The van der Waals surface area contributed by atoms with E-state index in [4.69, 9.17) is 0 Å². The first-order valence-corrected chi connectivity index (χ1v) is 4.76. The van der Waals surface area contributed by atoms with E-state index in [0.29, 0.717) is 0 Å². The first-order chi connectivity index (χ1) is 4.75. The standard InChI is InChI=1S/C6H7AsO2S/c1-9-6(8)5-4(7)2-3-10-5/h2-3H,7H2,1H3. The molecule has 0 fully saturated rings. The van der Waals surface area contributed by atoms with Crippen LogP contribution < -0.4 is 4.35 Å². The number of rotatable bonds is 1. The number of ether oxygens (including phenoxy) is 1. The fraction of sp³-hybridized carbons (Fsp3) is 0.167. The molecule has 1 rings (SSSR count). The van der Waals surface area contributed by atoms with Crippen LogP contribution in [0.2, 0.25) is 0 Å². The molecule has 0 N–H and O–H groups in total. The van der Waals surface area contributed by atoms with Gasteiger partial charge in [-0.2, -0.15) is 0 Å². The molecule has 0 saturated heterocycles. The molecule has 54 valence electrons. The van der Waals surface area contributed by atoms with Gasteiger partial charge in [0.25, 0.3) is 0 Å². The normalized spacial score (nSPS) is 9.40. The fourth-order valence-corrected chi connectivity index (χ4v) is 2.48. The van der Waals surface area contributed by atoms with Crippen molar-refractivity contribution in [2.75, 3.05) is 7.11 Å². The molecule has 1 aromatic rings. The predicted octanol–water partition coefficient (Wildman–Crippen LogP) is -0.207. The van der Waals surface area contributed by atoms with Crippen LogP contribution in [0.1, 0.15) is 9.67 Å². The summed E-state index contributed by atoms with van der Waals surface area (Å²) < 4.78 is 5.60. The second-order valence-corrected chi connectivity index (χ2v) is 3.92. The van der Waals surface area contributed by atoms with Crippen LogP contribution in [0.4, 0.5) is 0 Å². The average molecular weight is 218 g/mol. The first-order valence-electron chi connectivity index (χ1n) is 2.67. The number of thiophene rings is 1. The Kier molecular flexibility index (Phi) is 2.52. The SMILES string of the molecule is COC(=O)c1sccc1[AsH2]. The van der Waals surface area contributed by atoms with E-state index in [1.165, 1.54) is 35.3 Å². The minimum atomic E-state index is -0.227. The third kappa shape index (κ3) is 1.41. The van der Waals surface area contributed by atoms with Crippen molar-refractivity contribution in [2.24, 2.45) is 0 Å². The van der Waals surface area contributed by atoms with Gasteiger partial charge < -0.3 is 0 Å². The van der Waals surface area contributed by atoms with Crippen LogP contribution in [0.15, 0.2) is 11.4 Å². The molecular formula is C6H7AsO2S. The Balaban J connectivity index is 2.93. The van der Waals surface area contributed by atoms with Gasteiger partial charge >= 0.3 is 71.5 Å². The van der Waals surface area contributed by atoms with Gasteiger partial charge in [0.1, 0.15) is 0 Å². The second kappa shape index (κ2) is 3.22. The van der Waals surface area contributed by atoms with Crippen LogP contribution in [0.5, 0.6) is 0 Å². The summed E-state index contributed by atoms with van der Waals surface area (Å²) in [5.41, 5.74) is 0. The van der Waals surface area contributed by atoms with Gasteiger partial charge in [-0.15, -0.1) is 0 Å². The predicted molar refractivity (Wildman–Crippen MR) is 43.8 cm³/mol. The van der Waals surface area contributed by atoms with E-state index in [1.54, 1.807) is 0 Å². The van der Waals surface area contributed by atoms with Crippen LogP contribution in [-0.2, 0) is 4.74 Å². The van der Waals surface area contributed by atoms with Gasteiger partial charge in [0.05, 0.1) is 0 Å². The van der Waals surface area contributed by atoms with E-state index in [2.05, 4.69) is 4.74 Å². The zero-order valence-electron chi connectivity index (χ0n) is 5.46. The van der Waals surface area contributed by atoms with Crippen LogP contribution >= 0.6 is 11.3 Å². The molecule has 1 heterocycles. The number of carbonyl (C=O) groups is 1. The molecule has 0 amide bonds. The van der Waals surface area contributed by atoms with Crippen LogP contribution in [0.25, 0.3) is 0 Å². The Bertz CT molecular complexity index is 244. The van der Waals surface area contributed by atoms with Crippen LogP contribution in [-0.4, -0.2) is 29.9 Å². The summed E-state index contributed by atoms with van der Waals surface area (Å²) in [7, 11) is 1.40. The molecule has 0 aromatic carbocycles. The molecule has 0 aliphatic heterocycles. The molecule has 0 aliphatic rings. The van der Waals surface area contributed by atoms with E-state index >= 15 is 0 Å². The monoisotopic (exact) mass is 218 g/mol. The van der Waals surface area contributed by atoms with Gasteiger partial charge in [0.2, 0.25) is 0 Å². The molecule has 0 aliphatic carbocycles. The van der Waals surface area contributed by atoms with E-state index in [9.17, 15) is 4.79 Å². The molecule has 0 radical (unpaired) electrons. The van der Waals surface area contributed by atoms with E-state index < -0.39 is 0 Å². The Morgan fingerprint density at radius 1 is 1.80 bits per heavy atom. The van der Waals surface area contributed by atoms with Crippen molar-refractivity contribution in [1.29, 1.82) is 0 Å². The third-order valence-corrected chi connectivity index (χ3v) is 3.43. The molecule has 1 unspecified atom stereocenters. The molecule has 4 heteroatoms. The first kappa shape index (κ1) is 7.83. The van der Waals surface area contributed by atoms with Crippen molar-refractivity contribution in [2.45, 2.75) is 0 Å². The van der Waals surface area contributed by atoms with Gasteiger partial charge in [-0.25, -0.2) is 0 Å². The van der Waals surface area contributed by atoms with Crippen molar-refractivity contribution in [3.05, 3.63) is 16.3 Å². The summed E-state index contributed by atoms with van der Waals surface area (Å²) in [6, 6.07) is 1.93. The Morgan fingerprint density at radius 3 is 2.90 bits per heavy atom. The summed E-state index contributed by atoms with van der Waals surface area (Å²) in [5.74, 6) is -0.227. The van der Waals surface area contributed by atoms with Crippen LogP contribution in [0.3, 0.4) is 0 Å². The summed E-state index contributed by atoms with van der Waals surface area (Å²) in [4.78, 5) is 11.6. The quantitative estimate of drug-likeness (QED) is 0.481. The topological polar surface area (TPSA) is 26.3 Å². The molecule has 2 nitrogen and oxygen atoms in total. The maximum absolute atomic E-state index is 10.9. The number of hydrogen-bond acceptors (Lipinski definition) is 3. The molecule has 0 spiro atoms. The molecular weight excluding hydrogens is 211 g/mol. The van der Waals surface area contributed by atoms with Gasteiger partial charge in [-0.05, 0) is 0 Å². The van der Waals surface area contributed by atoms with Crippen LogP contribution in [0, 0.1) is 0 Å². The number of esters is 1. The zero-order valence-corrected chi connectivity index (χ0v) is 8.70. The summed E-state index contributed by atoms with van der Waals surface area (Å²) >= 11 is 2.87. The second-order valence-electron chi connectivity index (χ2n) is 1.70. The molecule has 1 aromatic heterocycles. The van der Waals surface area contributed by atoms with Crippen molar-refractivity contribution in [3.8, 4) is 0 Å². The van der Waals surface area contributed by atoms with Gasteiger partial charge in [-0.1, -0.05) is 0 Å². The third-order valence-electron chi connectivity index (χ3n) is 1.07. The van der Waals surface area contributed by atoms with Crippen molar-refractivity contribution >= 4 is 38.5 Å². The van der Waals surface area contributed by atoms with Gasteiger partial charge in [-0.3, -0.25) is 0 Å².